The average molecular weight is 779 g/mol. The number of allylic oxidation sites excluding steroid dienone is 1. The van der Waals surface area contributed by atoms with Crippen molar-refractivity contribution < 1.29 is 23.8 Å². The molecule has 57 heavy (non-hydrogen) atoms. The molecule has 0 heterocycles. The minimum atomic E-state index is -0.483. The molecule has 0 spiro atoms. The number of ketones is 1. The van der Waals surface area contributed by atoms with E-state index >= 15 is 0 Å². The van der Waals surface area contributed by atoms with Gasteiger partial charge in [-0.2, -0.15) is 0 Å². The van der Waals surface area contributed by atoms with Gasteiger partial charge in [0.25, 0.3) is 0 Å². The molecule has 5 heteroatoms. The fraction of sp³-hybridized carbons (Fsp3) is 0.538. The Morgan fingerprint density at radius 1 is 0.404 bits per heavy atom. The molecular weight excluding hydrogens is 705 g/mol. The smallest absolute Gasteiger partial charge is 0.336 e. The number of hydrogen-bond acceptors (Lipinski definition) is 5. The minimum absolute atomic E-state index is 0.125. The Balaban J connectivity index is 1.22. The number of benzene rings is 3. The predicted molar refractivity (Wildman–Crippen MR) is 241 cm³/mol. The number of esters is 1. The van der Waals surface area contributed by atoms with Gasteiger partial charge in [-0.05, 0) is 84.7 Å². The van der Waals surface area contributed by atoms with Crippen LogP contribution in [-0.4, -0.2) is 25.0 Å². The largest absolute Gasteiger partial charge is 0.494 e. The van der Waals surface area contributed by atoms with Gasteiger partial charge in [0.1, 0.15) is 17.2 Å². The second-order valence-corrected chi connectivity index (χ2v) is 15.6. The molecule has 0 fully saturated rings. The van der Waals surface area contributed by atoms with Gasteiger partial charge in [0.2, 0.25) is 0 Å². The third-order valence-corrected chi connectivity index (χ3v) is 10.5. The molecule has 0 bridgehead atoms. The van der Waals surface area contributed by atoms with Gasteiger partial charge in [-0.1, -0.05) is 185 Å². The van der Waals surface area contributed by atoms with Crippen LogP contribution in [0.25, 0.3) is 12.2 Å². The van der Waals surface area contributed by atoms with E-state index in [0.717, 1.165) is 48.7 Å². The number of carbonyl (C=O) groups excluding carboxylic acids is 2. The summed E-state index contributed by atoms with van der Waals surface area (Å²) in [6, 6.07) is 22.1. The van der Waals surface area contributed by atoms with Gasteiger partial charge in [-0.25, -0.2) is 4.79 Å². The number of carbonyl (C=O) groups is 2. The van der Waals surface area contributed by atoms with E-state index in [4.69, 9.17) is 14.2 Å². The fourth-order valence-electron chi connectivity index (χ4n) is 6.89. The highest BCUT2D eigenvalue weighted by molar-refractivity contribution is 6.06. The first kappa shape index (κ1) is 47.3. The van der Waals surface area contributed by atoms with Crippen molar-refractivity contribution in [3.05, 3.63) is 102 Å². The Morgan fingerprint density at radius 3 is 1.12 bits per heavy atom. The Hall–Kier alpha value is -4.12. The molecule has 0 atom stereocenters. The normalized spacial score (nSPS) is 11.4. The van der Waals surface area contributed by atoms with E-state index in [1.807, 2.05) is 48.5 Å². The van der Waals surface area contributed by atoms with Crippen molar-refractivity contribution in [2.45, 2.75) is 168 Å². The summed E-state index contributed by atoms with van der Waals surface area (Å²) < 4.78 is 17.3. The lowest BCUT2D eigenvalue weighted by Gasteiger charge is -2.07. The third-order valence-electron chi connectivity index (χ3n) is 10.5. The zero-order chi connectivity index (χ0) is 40.4. The maximum absolute atomic E-state index is 12.8. The summed E-state index contributed by atoms with van der Waals surface area (Å²) in [5.74, 6) is 1.46. The Morgan fingerprint density at radius 2 is 0.737 bits per heavy atom. The molecule has 0 saturated carbocycles. The van der Waals surface area contributed by atoms with E-state index in [9.17, 15) is 9.59 Å². The molecule has 5 nitrogen and oxygen atoms in total. The Labute approximate surface area is 346 Å². The summed E-state index contributed by atoms with van der Waals surface area (Å²) in [4.78, 5) is 25.2. The van der Waals surface area contributed by atoms with E-state index < -0.39 is 5.97 Å². The lowest BCUT2D eigenvalue weighted by atomic mass is 10.0. The van der Waals surface area contributed by atoms with Crippen LogP contribution < -0.4 is 14.2 Å². The zero-order valence-electron chi connectivity index (χ0n) is 35.7. The van der Waals surface area contributed by atoms with Crippen LogP contribution >= 0.6 is 0 Å². The molecule has 0 aliphatic heterocycles. The highest BCUT2D eigenvalue weighted by Gasteiger charge is 2.06. The first-order chi connectivity index (χ1) is 28.1. The minimum Gasteiger partial charge on any atom is -0.494 e. The van der Waals surface area contributed by atoms with Gasteiger partial charge in [-0.15, -0.1) is 0 Å². The molecule has 0 aromatic heterocycles. The van der Waals surface area contributed by atoms with Crippen LogP contribution in [0.4, 0.5) is 0 Å². The molecule has 0 unspecified atom stereocenters. The maximum atomic E-state index is 12.8. The molecule has 0 aliphatic rings. The van der Waals surface area contributed by atoms with Gasteiger partial charge in [0.15, 0.2) is 5.78 Å². The zero-order valence-corrected chi connectivity index (χ0v) is 35.7. The van der Waals surface area contributed by atoms with Crippen molar-refractivity contribution in [3.8, 4) is 17.2 Å². The number of rotatable bonds is 34. The van der Waals surface area contributed by atoms with E-state index in [1.54, 1.807) is 42.5 Å². The lowest BCUT2D eigenvalue weighted by molar-refractivity contribution is -0.128. The highest BCUT2D eigenvalue weighted by Crippen LogP contribution is 2.19. The van der Waals surface area contributed by atoms with Crippen LogP contribution in [0.15, 0.2) is 84.9 Å². The van der Waals surface area contributed by atoms with Crippen molar-refractivity contribution in [1.82, 2.24) is 0 Å². The van der Waals surface area contributed by atoms with Crippen molar-refractivity contribution in [2.75, 3.05) is 13.2 Å². The van der Waals surface area contributed by atoms with Gasteiger partial charge >= 0.3 is 5.97 Å². The molecule has 0 saturated heterocycles. The van der Waals surface area contributed by atoms with Crippen molar-refractivity contribution >= 4 is 23.9 Å². The monoisotopic (exact) mass is 779 g/mol. The average Bonchev–Trinajstić information content (AvgIpc) is 3.23. The number of hydrogen-bond donors (Lipinski definition) is 0. The van der Waals surface area contributed by atoms with Crippen LogP contribution in [0.2, 0.25) is 0 Å². The summed E-state index contributed by atoms with van der Waals surface area (Å²) in [6.07, 6.45) is 38.4. The van der Waals surface area contributed by atoms with Gasteiger partial charge < -0.3 is 14.2 Å². The Kier molecular flexibility index (Phi) is 26.5. The van der Waals surface area contributed by atoms with Crippen LogP contribution in [-0.2, 0) is 4.79 Å². The molecular formula is C52H74O5. The summed E-state index contributed by atoms with van der Waals surface area (Å²) in [7, 11) is 0. The third kappa shape index (κ3) is 23.6. The fourth-order valence-corrected chi connectivity index (χ4v) is 6.89. The van der Waals surface area contributed by atoms with E-state index in [0.29, 0.717) is 11.3 Å². The molecule has 0 amide bonds. The first-order valence-electron chi connectivity index (χ1n) is 22.8. The van der Waals surface area contributed by atoms with Crippen LogP contribution in [0.3, 0.4) is 0 Å². The van der Waals surface area contributed by atoms with Gasteiger partial charge in [0.05, 0.1) is 13.2 Å². The Bertz CT molecular complexity index is 1500. The SMILES string of the molecule is CCCCCCCCCCCCCCCCCCOc1ccc(/C=C/C(=O)Oc2ccc(C(=O)/C=C/c3ccc(OCCCCCCCCCC)cc3)cc2)cc1. The van der Waals surface area contributed by atoms with E-state index in [-0.39, 0.29) is 5.78 Å². The van der Waals surface area contributed by atoms with E-state index in [1.165, 1.54) is 147 Å². The predicted octanol–water partition coefficient (Wildman–Crippen LogP) is 15.4. The lowest BCUT2D eigenvalue weighted by Crippen LogP contribution is -2.04. The highest BCUT2D eigenvalue weighted by atomic mass is 16.5. The standard InChI is InChI=1S/C52H74O5/c1-3-5-7-9-11-13-14-15-16-17-18-19-20-22-24-26-44-56-49-37-29-46(30-38-49)32-42-52(54)57-50-39-33-47(34-40-50)51(53)41-31-45-27-35-48(36-28-45)55-43-25-23-21-12-10-8-6-4-2/h27-42H,3-26,43-44H2,1-2H3/b41-31+,42-32+. The van der Waals surface area contributed by atoms with Crippen LogP contribution in [0.1, 0.15) is 189 Å². The van der Waals surface area contributed by atoms with Gasteiger partial charge in [-0.3, -0.25) is 4.79 Å². The molecule has 0 aliphatic carbocycles. The summed E-state index contributed by atoms with van der Waals surface area (Å²) in [5, 5.41) is 0. The molecule has 0 radical (unpaired) electrons. The molecule has 3 rings (SSSR count). The molecule has 3 aromatic rings. The molecule has 3 aromatic carbocycles. The molecule has 312 valence electrons. The van der Waals surface area contributed by atoms with Crippen molar-refractivity contribution in [1.29, 1.82) is 0 Å². The second-order valence-electron chi connectivity index (χ2n) is 15.6. The van der Waals surface area contributed by atoms with Crippen LogP contribution in [0, 0.1) is 0 Å². The maximum Gasteiger partial charge on any atom is 0.336 e. The quantitative estimate of drug-likeness (QED) is 0.0199. The van der Waals surface area contributed by atoms with Gasteiger partial charge in [0, 0.05) is 11.6 Å². The van der Waals surface area contributed by atoms with Crippen molar-refractivity contribution in [2.24, 2.45) is 0 Å². The summed E-state index contributed by atoms with van der Waals surface area (Å²) in [6.45, 7) is 5.99. The second kappa shape index (κ2) is 31.9. The van der Waals surface area contributed by atoms with Crippen LogP contribution in [0.5, 0.6) is 17.2 Å². The summed E-state index contributed by atoms with van der Waals surface area (Å²) >= 11 is 0. The number of unbranched alkanes of at least 4 members (excludes halogenated alkanes) is 22. The van der Waals surface area contributed by atoms with E-state index in [2.05, 4.69) is 13.8 Å². The first-order valence-corrected chi connectivity index (χ1v) is 22.8. The molecule has 0 N–H and O–H groups in total. The van der Waals surface area contributed by atoms with Crippen molar-refractivity contribution in [3.63, 3.8) is 0 Å². The summed E-state index contributed by atoms with van der Waals surface area (Å²) in [5.41, 5.74) is 2.33. The number of ether oxygens (including phenoxy) is 3. The topological polar surface area (TPSA) is 61.8 Å².